The van der Waals surface area contributed by atoms with Gasteiger partial charge in [0.15, 0.2) is 11.2 Å². The van der Waals surface area contributed by atoms with Gasteiger partial charge < -0.3 is 14.4 Å². The summed E-state index contributed by atoms with van der Waals surface area (Å²) in [5.41, 5.74) is 0.638. The third-order valence-electron chi connectivity index (χ3n) is 5.01. The third-order valence-corrected chi connectivity index (χ3v) is 5.38. The quantitative estimate of drug-likeness (QED) is 0.500. The van der Waals surface area contributed by atoms with Crippen LogP contribution in [0.3, 0.4) is 0 Å². The van der Waals surface area contributed by atoms with E-state index in [9.17, 15) is 14.7 Å². The Balaban J connectivity index is 1.88. The molecule has 0 bridgehead atoms. The fourth-order valence-electron chi connectivity index (χ4n) is 3.65. The van der Waals surface area contributed by atoms with Crippen molar-refractivity contribution in [3.8, 4) is 0 Å². The summed E-state index contributed by atoms with van der Waals surface area (Å²) in [5.74, 6) is 0.482. The lowest BCUT2D eigenvalue weighted by Crippen LogP contribution is -2.44. The number of aromatic nitrogens is 4. The first kappa shape index (κ1) is 24.2. The van der Waals surface area contributed by atoms with Gasteiger partial charge in [-0.2, -0.15) is 0 Å². The average molecular weight is 463 g/mol. The molecule has 0 saturated heterocycles. The molecule has 174 valence electrons. The maximum absolute atomic E-state index is 13.2. The Morgan fingerprint density at radius 3 is 2.38 bits per heavy atom. The molecule has 0 spiro atoms. The van der Waals surface area contributed by atoms with Crippen molar-refractivity contribution >= 4 is 22.8 Å². The van der Waals surface area contributed by atoms with E-state index < -0.39 is 17.4 Å². The highest BCUT2D eigenvalue weighted by Gasteiger charge is 2.21. The van der Waals surface area contributed by atoms with Crippen LogP contribution < -0.4 is 11.2 Å². The van der Waals surface area contributed by atoms with Crippen LogP contribution in [-0.4, -0.2) is 36.5 Å². The van der Waals surface area contributed by atoms with Crippen molar-refractivity contribution in [3.63, 3.8) is 0 Å². The maximum atomic E-state index is 13.2. The van der Waals surface area contributed by atoms with Crippen molar-refractivity contribution in [2.45, 2.75) is 60.0 Å². The van der Waals surface area contributed by atoms with Crippen molar-refractivity contribution in [1.29, 1.82) is 0 Å². The van der Waals surface area contributed by atoms with Gasteiger partial charge in [-0.1, -0.05) is 57.5 Å². The van der Waals surface area contributed by atoms with E-state index in [0.717, 1.165) is 10.1 Å². The SMILES string of the molecule is CC(C)Cn1cnc2c1c(=O)n(CC(O)COCc1ccccc1Cl)c(=O)n2CC(C)C. The topological polar surface area (TPSA) is 91.3 Å². The first-order valence-corrected chi connectivity index (χ1v) is 11.2. The van der Waals surface area contributed by atoms with E-state index in [4.69, 9.17) is 16.3 Å². The van der Waals surface area contributed by atoms with Gasteiger partial charge >= 0.3 is 5.69 Å². The predicted molar refractivity (Wildman–Crippen MR) is 125 cm³/mol. The molecule has 3 aromatic rings. The van der Waals surface area contributed by atoms with Crippen LogP contribution in [0, 0.1) is 11.8 Å². The minimum atomic E-state index is -1.03. The van der Waals surface area contributed by atoms with Crippen molar-refractivity contribution in [3.05, 3.63) is 62.0 Å². The number of fused-ring (bicyclic) bond motifs is 1. The fraction of sp³-hybridized carbons (Fsp3) is 0.522. The molecular formula is C23H31ClN4O4. The number of aliphatic hydroxyl groups is 1. The lowest BCUT2D eigenvalue weighted by molar-refractivity contribution is 0.0192. The van der Waals surface area contributed by atoms with Crippen molar-refractivity contribution < 1.29 is 9.84 Å². The first-order valence-electron chi connectivity index (χ1n) is 10.9. The van der Waals surface area contributed by atoms with Gasteiger partial charge in [0.05, 0.1) is 32.2 Å². The van der Waals surface area contributed by atoms with E-state index in [1.807, 2.05) is 32.0 Å². The number of ether oxygens (including phenoxy) is 1. The zero-order chi connectivity index (χ0) is 23.4. The van der Waals surface area contributed by atoms with E-state index in [1.165, 1.54) is 4.57 Å². The standard InChI is InChI=1S/C23H31ClN4O4/c1-15(2)9-26-14-25-21-20(26)22(30)28(23(31)27(21)10-16(3)4)11-18(29)13-32-12-17-7-5-6-8-19(17)24/h5-8,14-16,18,29H,9-13H2,1-4H3. The molecule has 1 atom stereocenters. The molecule has 0 aliphatic heterocycles. The van der Waals surface area contributed by atoms with Crippen molar-refractivity contribution in [2.24, 2.45) is 11.8 Å². The van der Waals surface area contributed by atoms with E-state index >= 15 is 0 Å². The Morgan fingerprint density at radius 2 is 1.72 bits per heavy atom. The van der Waals surface area contributed by atoms with Crippen molar-refractivity contribution in [2.75, 3.05) is 6.61 Å². The molecule has 8 nitrogen and oxygen atoms in total. The van der Waals surface area contributed by atoms with Crippen LogP contribution in [0.5, 0.6) is 0 Å². The van der Waals surface area contributed by atoms with Gasteiger partial charge in [0.1, 0.15) is 0 Å². The van der Waals surface area contributed by atoms with Gasteiger partial charge in [-0.25, -0.2) is 9.78 Å². The lowest BCUT2D eigenvalue weighted by Gasteiger charge is -2.17. The number of aliphatic hydroxyl groups excluding tert-OH is 1. The van der Waals surface area contributed by atoms with Gasteiger partial charge in [0.2, 0.25) is 0 Å². The van der Waals surface area contributed by atoms with Crippen molar-refractivity contribution in [1.82, 2.24) is 18.7 Å². The Hall–Kier alpha value is -2.42. The molecule has 0 radical (unpaired) electrons. The summed E-state index contributed by atoms with van der Waals surface area (Å²) in [7, 11) is 0. The predicted octanol–water partition coefficient (Wildman–Crippen LogP) is 2.90. The minimum absolute atomic E-state index is 0.0371. The number of hydrogen-bond donors (Lipinski definition) is 1. The summed E-state index contributed by atoms with van der Waals surface area (Å²) in [6, 6.07) is 7.29. The van der Waals surface area contributed by atoms with E-state index in [2.05, 4.69) is 18.8 Å². The Morgan fingerprint density at radius 1 is 1.03 bits per heavy atom. The van der Waals surface area contributed by atoms with Gasteiger partial charge in [-0.3, -0.25) is 13.9 Å². The molecule has 0 aliphatic carbocycles. The maximum Gasteiger partial charge on any atom is 0.332 e. The van der Waals surface area contributed by atoms with Gasteiger partial charge in [0, 0.05) is 18.1 Å². The normalized spacial score (nSPS) is 12.9. The second kappa shape index (κ2) is 10.5. The zero-order valence-corrected chi connectivity index (χ0v) is 19.7. The van der Waals surface area contributed by atoms with Crippen LogP contribution in [0.15, 0.2) is 40.2 Å². The van der Waals surface area contributed by atoms with Crippen LogP contribution >= 0.6 is 11.6 Å². The molecule has 1 unspecified atom stereocenters. The summed E-state index contributed by atoms with van der Waals surface area (Å²) in [6.07, 6.45) is 0.574. The Labute approximate surface area is 192 Å². The van der Waals surface area contributed by atoms with Crippen LogP contribution in [-0.2, 0) is 31.0 Å². The molecule has 32 heavy (non-hydrogen) atoms. The number of halogens is 1. The van der Waals surface area contributed by atoms with Crippen LogP contribution in [0.1, 0.15) is 33.3 Å². The van der Waals surface area contributed by atoms with Gasteiger partial charge in [-0.05, 0) is 23.5 Å². The fourth-order valence-corrected chi connectivity index (χ4v) is 3.84. The molecule has 0 amide bonds. The second-order valence-corrected chi connectivity index (χ2v) is 9.33. The van der Waals surface area contributed by atoms with Crippen LogP contribution in [0.2, 0.25) is 5.02 Å². The van der Waals surface area contributed by atoms with E-state index in [-0.39, 0.29) is 25.7 Å². The minimum Gasteiger partial charge on any atom is -0.389 e. The Bertz CT molecular complexity index is 1180. The molecular weight excluding hydrogens is 432 g/mol. The zero-order valence-electron chi connectivity index (χ0n) is 19.0. The van der Waals surface area contributed by atoms with Crippen LogP contribution in [0.25, 0.3) is 11.2 Å². The Kier molecular flexibility index (Phi) is 7.92. The summed E-state index contributed by atoms with van der Waals surface area (Å²) in [5, 5.41) is 11.1. The van der Waals surface area contributed by atoms with Gasteiger partial charge in [0.25, 0.3) is 5.56 Å². The number of nitrogens with zero attached hydrogens (tertiary/aromatic N) is 4. The average Bonchev–Trinajstić information content (AvgIpc) is 3.12. The summed E-state index contributed by atoms with van der Waals surface area (Å²) in [6.45, 7) is 9.15. The van der Waals surface area contributed by atoms with E-state index in [0.29, 0.717) is 35.2 Å². The number of imidazole rings is 1. The van der Waals surface area contributed by atoms with Gasteiger partial charge in [-0.15, -0.1) is 0 Å². The molecule has 1 N–H and O–H groups in total. The summed E-state index contributed by atoms with van der Waals surface area (Å²) in [4.78, 5) is 30.8. The lowest BCUT2D eigenvalue weighted by atomic mass is 10.2. The molecule has 9 heteroatoms. The number of rotatable bonds is 10. The van der Waals surface area contributed by atoms with E-state index in [1.54, 1.807) is 17.0 Å². The molecule has 3 rings (SSSR count). The smallest absolute Gasteiger partial charge is 0.332 e. The molecule has 0 saturated carbocycles. The third kappa shape index (κ3) is 5.49. The molecule has 1 aromatic carbocycles. The summed E-state index contributed by atoms with van der Waals surface area (Å²) < 4.78 is 9.98. The first-order chi connectivity index (χ1) is 15.2. The molecule has 2 heterocycles. The number of hydrogen-bond acceptors (Lipinski definition) is 5. The van der Waals surface area contributed by atoms with Crippen LogP contribution in [0.4, 0.5) is 0 Å². The second-order valence-electron chi connectivity index (χ2n) is 8.93. The molecule has 0 fully saturated rings. The highest BCUT2D eigenvalue weighted by atomic mass is 35.5. The highest BCUT2D eigenvalue weighted by Crippen LogP contribution is 2.16. The monoisotopic (exact) mass is 462 g/mol. The number of benzene rings is 1. The molecule has 0 aliphatic rings. The largest absolute Gasteiger partial charge is 0.389 e. The highest BCUT2D eigenvalue weighted by molar-refractivity contribution is 6.31. The molecule has 2 aromatic heterocycles. The summed E-state index contributed by atoms with van der Waals surface area (Å²) >= 11 is 6.12.